The molecular weight excluding hydrogens is 546 g/mol. The Hall–Kier alpha value is -4.66. The van der Waals surface area contributed by atoms with Crippen LogP contribution in [0.3, 0.4) is 0 Å². The van der Waals surface area contributed by atoms with Crippen molar-refractivity contribution in [2.24, 2.45) is 28.1 Å². The SMILES string of the molecule is CCC(C)C(NC(=O)C(N)CCCN=C(N)N)C(=O)NC(Cc1cnc[nH]1)C(=O)NC(Cc1ccc(O)cc1)C(=O)O. The number of benzene rings is 1. The number of aromatic amines is 1. The molecule has 15 heteroatoms. The fourth-order valence-corrected chi connectivity index (χ4v) is 4.04. The lowest BCUT2D eigenvalue weighted by Gasteiger charge is -2.28. The molecule has 230 valence electrons. The number of aromatic hydroxyl groups is 1. The number of amides is 3. The summed E-state index contributed by atoms with van der Waals surface area (Å²) in [5.41, 5.74) is 17.7. The maximum atomic E-state index is 13.5. The summed E-state index contributed by atoms with van der Waals surface area (Å²) in [6.45, 7) is 3.92. The first-order chi connectivity index (χ1) is 19.9. The lowest BCUT2D eigenvalue weighted by Crippen LogP contribution is -2.59. The predicted molar refractivity (Wildman–Crippen MR) is 155 cm³/mol. The summed E-state index contributed by atoms with van der Waals surface area (Å²) in [4.78, 5) is 62.3. The van der Waals surface area contributed by atoms with Crippen LogP contribution in [0.1, 0.15) is 44.4 Å². The third-order valence-corrected chi connectivity index (χ3v) is 6.70. The van der Waals surface area contributed by atoms with Crippen LogP contribution in [-0.4, -0.2) is 80.5 Å². The molecular formula is C27H41N9O6. The van der Waals surface area contributed by atoms with Gasteiger partial charge in [-0.05, 0) is 36.5 Å². The maximum Gasteiger partial charge on any atom is 0.326 e. The van der Waals surface area contributed by atoms with E-state index in [1.807, 2.05) is 6.92 Å². The molecule has 5 unspecified atom stereocenters. The topological polar surface area (TPSA) is 264 Å². The van der Waals surface area contributed by atoms with Crippen LogP contribution in [0.2, 0.25) is 0 Å². The second-order valence-electron chi connectivity index (χ2n) is 10.0. The predicted octanol–water partition coefficient (Wildman–Crippen LogP) is -1.13. The van der Waals surface area contributed by atoms with Crippen LogP contribution in [0.5, 0.6) is 5.75 Å². The number of aliphatic imine (C=N–C) groups is 1. The van der Waals surface area contributed by atoms with Gasteiger partial charge in [0.15, 0.2) is 5.96 Å². The van der Waals surface area contributed by atoms with Crippen molar-refractivity contribution in [3.63, 3.8) is 0 Å². The molecule has 0 saturated carbocycles. The van der Waals surface area contributed by atoms with E-state index < -0.39 is 47.9 Å². The van der Waals surface area contributed by atoms with Gasteiger partial charge in [0.25, 0.3) is 0 Å². The normalized spacial score (nSPS) is 14.5. The number of rotatable bonds is 17. The van der Waals surface area contributed by atoms with Gasteiger partial charge < -0.3 is 48.3 Å². The summed E-state index contributed by atoms with van der Waals surface area (Å²) in [5, 5.41) is 27.1. The smallest absolute Gasteiger partial charge is 0.326 e. The summed E-state index contributed by atoms with van der Waals surface area (Å²) in [6.07, 6.45) is 4.07. The van der Waals surface area contributed by atoms with Crippen molar-refractivity contribution in [1.29, 1.82) is 0 Å². The molecule has 2 rings (SSSR count). The number of nitrogens with zero attached hydrogens (tertiary/aromatic N) is 2. The standard InChI is InChI=1S/C27H41N9O6/c1-3-15(2)22(36-23(38)19(28)5-4-10-32-27(29)30)25(40)34-20(12-17-13-31-14-33-17)24(39)35-21(26(41)42)11-16-6-8-18(37)9-7-16/h6-9,13-15,19-22,37H,3-5,10-12,28H2,1-2H3,(H,31,33)(H,34,40)(H,35,39)(H,36,38)(H,41,42)(H4,29,30,32). The molecule has 12 N–H and O–H groups in total. The van der Waals surface area contributed by atoms with Gasteiger partial charge >= 0.3 is 5.97 Å². The van der Waals surface area contributed by atoms with E-state index in [0.717, 1.165) is 0 Å². The van der Waals surface area contributed by atoms with Crippen LogP contribution < -0.4 is 33.2 Å². The van der Waals surface area contributed by atoms with E-state index in [1.165, 1.54) is 24.7 Å². The number of nitrogens with one attached hydrogen (secondary N) is 4. The van der Waals surface area contributed by atoms with Gasteiger partial charge in [-0.3, -0.25) is 19.4 Å². The highest BCUT2D eigenvalue weighted by atomic mass is 16.4. The minimum atomic E-state index is -1.31. The number of guanidine groups is 1. The highest BCUT2D eigenvalue weighted by molar-refractivity contribution is 5.94. The number of aromatic nitrogens is 2. The zero-order valence-electron chi connectivity index (χ0n) is 23.7. The molecule has 5 atom stereocenters. The zero-order valence-corrected chi connectivity index (χ0v) is 23.7. The van der Waals surface area contributed by atoms with Gasteiger partial charge in [0.05, 0.1) is 12.4 Å². The summed E-state index contributed by atoms with van der Waals surface area (Å²) < 4.78 is 0. The Bertz CT molecular complexity index is 1200. The monoisotopic (exact) mass is 587 g/mol. The first-order valence-electron chi connectivity index (χ1n) is 13.6. The molecule has 0 aliphatic heterocycles. The maximum absolute atomic E-state index is 13.5. The molecule has 3 amide bonds. The zero-order chi connectivity index (χ0) is 31.2. The minimum absolute atomic E-state index is 0.0192. The number of phenols is 1. The molecule has 1 aromatic carbocycles. The van der Waals surface area contributed by atoms with E-state index in [2.05, 4.69) is 30.9 Å². The molecule has 0 saturated heterocycles. The molecule has 0 bridgehead atoms. The Morgan fingerprint density at radius 3 is 2.24 bits per heavy atom. The van der Waals surface area contributed by atoms with E-state index in [4.69, 9.17) is 17.2 Å². The number of nitrogens with two attached hydrogens (primary N) is 3. The van der Waals surface area contributed by atoms with Crippen molar-refractivity contribution in [3.8, 4) is 5.75 Å². The van der Waals surface area contributed by atoms with Gasteiger partial charge in [0.2, 0.25) is 17.7 Å². The van der Waals surface area contributed by atoms with Gasteiger partial charge in [0.1, 0.15) is 23.9 Å². The van der Waals surface area contributed by atoms with Crippen molar-refractivity contribution < 1.29 is 29.4 Å². The van der Waals surface area contributed by atoms with E-state index >= 15 is 0 Å². The number of hydrogen-bond acceptors (Lipinski definition) is 8. The van der Waals surface area contributed by atoms with E-state index in [0.29, 0.717) is 30.6 Å². The Kier molecular flexibility index (Phi) is 13.2. The molecule has 0 radical (unpaired) electrons. The van der Waals surface area contributed by atoms with Crippen LogP contribution in [0.25, 0.3) is 0 Å². The van der Waals surface area contributed by atoms with Crippen molar-refractivity contribution >= 4 is 29.7 Å². The van der Waals surface area contributed by atoms with Crippen LogP contribution in [0.15, 0.2) is 41.8 Å². The van der Waals surface area contributed by atoms with Crippen LogP contribution in [0.4, 0.5) is 0 Å². The number of aliphatic carboxylic acids is 1. The summed E-state index contributed by atoms with van der Waals surface area (Å²) in [6, 6.07) is 1.47. The number of phenolic OH excluding ortho intramolecular Hbond substituents is 1. The first-order valence-corrected chi connectivity index (χ1v) is 13.6. The van der Waals surface area contributed by atoms with E-state index in [1.54, 1.807) is 19.1 Å². The highest BCUT2D eigenvalue weighted by Crippen LogP contribution is 2.13. The van der Waals surface area contributed by atoms with Gasteiger partial charge in [0, 0.05) is 31.3 Å². The Morgan fingerprint density at radius 2 is 1.67 bits per heavy atom. The quantitative estimate of drug-likeness (QED) is 0.0610. The number of hydrogen-bond donors (Lipinski definition) is 9. The number of carboxylic acid groups (broad SMARTS) is 1. The molecule has 0 aliphatic carbocycles. The Balaban J connectivity index is 2.17. The average molecular weight is 588 g/mol. The van der Waals surface area contributed by atoms with Crippen molar-refractivity contribution in [1.82, 2.24) is 25.9 Å². The largest absolute Gasteiger partial charge is 0.508 e. The molecule has 1 heterocycles. The minimum Gasteiger partial charge on any atom is -0.508 e. The van der Waals surface area contributed by atoms with Crippen molar-refractivity contribution in [2.45, 2.75) is 70.1 Å². The van der Waals surface area contributed by atoms with E-state index in [9.17, 15) is 29.4 Å². The van der Waals surface area contributed by atoms with Gasteiger partial charge in [-0.15, -0.1) is 0 Å². The number of carbonyl (C=O) groups is 4. The van der Waals surface area contributed by atoms with Gasteiger partial charge in [-0.25, -0.2) is 9.78 Å². The lowest BCUT2D eigenvalue weighted by atomic mass is 9.96. The summed E-state index contributed by atoms with van der Waals surface area (Å²) in [7, 11) is 0. The molecule has 0 aliphatic rings. The Labute approximate surface area is 243 Å². The first kappa shape index (κ1) is 33.5. The van der Waals surface area contributed by atoms with Gasteiger partial charge in [-0.1, -0.05) is 32.4 Å². The van der Waals surface area contributed by atoms with Crippen molar-refractivity contribution in [2.75, 3.05) is 6.54 Å². The third kappa shape index (κ3) is 11.1. The second kappa shape index (κ2) is 16.6. The number of carboxylic acids is 1. The molecule has 2 aromatic rings. The highest BCUT2D eigenvalue weighted by Gasteiger charge is 2.33. The van der Waals surface area contributed by atoms with Crippen molar-refractivity contribution in [3.05, 3.63) is 48.0 Å². The third-order valence-electron chi connectivity index (χ3n) is 6.70. The molecule has 15 nitrogen and oxygen atoms in total. The molecule has 0 spiro atoms. The number of H-pyrrole nitrogens is 1. The Morgan fingerprint density at radius 1 is 1.00 bits per heavy atom. The lowest BCUT2D eigenvalue weighted by molar-refractivity contribution is -0.142. The fraction of sp³-hybridized carbons (Fsp3) is 0.481. The number of carbonyl (C=O) groups excluding carboxylic acids is 3. The molecule has 42 heavy (non-hydrogen) atoms. The van der Waals surface area contributed by atoms with Crippen LogP contribution in [0, 0.1) is 5.92 Å². The fourth-order valence-electron chi connectivity index (χ4n) is 4.04. The number of imidazole rings is 1. The second-order valence-corrected chi connectivity index (χ2v) is 10.0. The molecule has 0 fully saturated rings. The summed E-state index contributed by atoms with van der Waals surface area (Å²) in [5.74, 6) is -3.56. The summed E-state index contributed by atoms with van der Waals surface area (Å²) >= 11 is 0. The van der Waals surface area contributed by atoms with Crippen LogP contribution >= 0.6 is 0 Å². The molecule has 1 aromatic heterocycles. The van der Waals surface area contributed by atoms with E-state index in [-0.39, 0.29) is 36.9 Å². The van der Waals surface area contributed by atoms with Crippen LogP contribution in [-0.2, 0) is 32.0 Å². The van der Waals surface area contributed by atoms with Gasteiger partial charge in [-0.2, -0.15) is 0 Å². The average Bonchev–Trinajstić information content (AvgIpc) is 3.46.